The third-order valence-corrected chi connectivity index (χ3v) is 5.67. The number of carbonyl (C=O) groups is 2. The summed E-state index contributed by atoms with van der Waals surface area (Å²) in [6.45, 7) is 3.15. The number of aromatic hydroxyl groups is 1. The first kappa shape index (κ1) is 17.8. The van der Waals surface area contributed by atoms with Crippen molar-refractivity contribution in [1.82, 2.24) is 0 Å². The van der Waals surface area contributed by atoms with Crippen LogP contribution in [-0.4, -0.2) is 49.1 Å². The molecule has 2 aliphatic rings. The van der Waals surface area contributed by atoms with Crippen molar-refractivity contribution in [2.75, 3.05) is 36.0 Å². The lowest BCUT2D eigenvalue weighted by atomic mass is 10.1. The minimum Gasteiger partial charge on any atom is -0.508 e. The number of halogens is 1. The van der Waals surface area contributed by atoms with Gasteiger partial charge in [0.05, 0.1) is 43.3 Å². The number of anilines is 2. The molecule has 0 aromatic heterocycles. The third-order valence-electron chi connectivity index (χ3n) is 5.35. The number of imide groups is 1. The van der Waals surface area contributed by atoms with E-state index in [-0.39, 0.29) is 30.0 Å². The van der Waals surface area contributed by atoms with Crippen molar-refractivity contribution in [3.63, 3.8) is 0 Å². The van der Waals surface area contributed by atoms with Gasteiger partial charge in [0.2, 0.25) is 5.91 Å². The number of rotatable bonds is 3. The second-order valence-electron chi connectivity index (χ2n) is 6.94. The summed E-state index contributed by atoms with van der Waals surface area (Å²) in [5.41, 5.74) is 1.53. The van der Waals surface area contributed by atoms with Crippen molar-refractivity contribution >= 4 is 34.8 Å². The Morgan fingerprint density at radius 3 is 2.33 bits per heavy atom. The molecule has 140 valence electrons. The van der Waals surface area contributed by atoms with Gasteiger partial charge in [-0.05, 0) is 36.4 Å². The van der Waals surface area contributed by atoms with Crippen LogP contribution in [0.5, 0.6) is 5.75 Å². The lowest BCUT2D eigenvalue weighted by Crippen LogP contribution is -3.19. The van der Waals surface area contributed by atoms with Crippen LogP contribution in [0.3, 0.4) is 0 Å². The van der Waals surface area contributed by atoms with Gasteiger partial charge in [0.15, 0.2) is 6.04 Å². The lowest BCUT2D eigenvalue weighted by molar-refractivity contribution is -0.915. The number of hydrogen-bond donors (Lipinski definition) is 2. The Morgan fingerprint density at radius 1 is 1.00 bits per heavy atom. The van der Waals surface area contributed by atoms with Crippen molar-refractivity contribution < 1.29 is 19.6 Å². The average Bonchev–Trinajstić information content (AvgIpc) is 2.97. The number of quaternary nitrogens is 1. The maximum atomic E-state index is 12.9. The highest BCUT2D eigenvalue weighted by Gasteiger charge is 2.46. The van der Waals surface area contributed by atoms with E-state index in [1.807, 2.05) is 12.1 Å². The number of amides is 2. The topological polar surface area (TPSA) is 65.3 Å². The summed E-state index contributed by atoms with van der Waals surface area (Å²) in [4.78, 5) is 30.1. The van der Waals surface area contributed by atoms with Gasteiger partial charge < -0.3 is 14.9 Å². The van der Waals surface area contributed by atoms with Crippen molar-refractivity contribution in [3.05, 3.63) is 53.6 Å². The van der Waals surface area contributed by atoms with Gasteiger partial charge in [-0.1, -0.05) is 23.7 Å². The normalized spacial score (nSPS) is 21.1. The van der Waals surface area contributed by atoms with Gasteiger partial charge in [-0.25, -0.2) is 4.90 Å². The number of nitrogens with zero attached hydrogens (tertiary/aromatic N) is 2. The Hall–Kier alpha value is -2.57. The molecular weight excluding hydrogens is 366 g/mol. The fourth-order valence-corrected chi connectivity index (χ4v) is 4.12. The fraction of sp³-hybridized carbons (Fsp3) is 0.300. The molecule has 2 amide bonds. The van der Waals surface area contributed by atoms with Gasteiger partial charge in [0, 0.05) is 5.69 Å². The molecule has 0 saturated carbocycles. The minimum atomic E-state index is -0.351. The van der Waals surface area contributed by atoms with Gasteiger partial charge in [0.25, 0.3) is 5.91 Å². The van der Waals surface area contributed by atoms with Crippen LogP contribution in [0.1, 0.15) is 6.42 Å². The quantitative estimate of drug-likeness (QED) is 0.775. The molecule has 2 N–H and O–H groups in total. The largest absolute Gasteiger partial charge is 0.508 e. The average molecular weight is 387 g/mol. The molecule has 27 heavy (non-hydrogen) atoms. The Bertz CT molecular complexity index is 863. The fourth-order valence-electron chi connectivity index (χ4n) is 3.90. The molecule has 1 atom stereocenters. The predicted molar refractivity (Wildman–Crippen MR) is 103 cm³/mol. The zero-order chi connectivity index (χ0) is 19.0. The van der Waals surface area contributed by atoms with E-state index in [1.165, 1.54) is 4.90 Å². The highest BCUT2D eigenvalue weighted by Crippen LogP contribution is 2.29. The van der Waals surface area contributed by atoms with E-state index in [1.54, 1.807) is 36.4 Å². The standard InChI is InChI=1S/C20H20ClN3O3/c21-16-3-1-2-4-17(16)24-19(26)13-18(20(24)27)23-11-9-22(10-12-23)14-5-7-15(25)8-6-14/h1-8,18,25H,9-13H2/p+1/t18-/m0/s1. The molecule has 4 rings (SSSR count). The Morgan fingerprint density at radius 2 is 1.67 bits per heavy atom. The van der Waals surface area contributed by atoms with Crippen LogP contribution >= 0.6 is 11.6 Å². The van der Waals surface area contributed by atoms with Crippen molar-refractivity contribution in [1.29, 1.82) is 0 Å². The number of benzene rings is 2. The highest BCUT2D eigenvalue weighted by molar-refractivity contribution is 6.36. The molecule has 0 radical (unpaired) electrons. The maximum Gasteiger partial charge on any atom is 0.292 e. The molecular formula is C20H21ClN3O3+. The van der Waals surface area contributed by atoms with Gasteiger partial charge in [-0.2, -0.15) is 0 Å². The smallest absolute Gasteiger partial charge is 0.292 e. The van der Waals surface area contributed by atoms with Crippen LogP contribution in [-0.2, 0) is 9.59 Å². The first-order chi connectivity index (χ1) is 13.0. The van der Waals surface area contributed by atoms with Crippen LogP contribution in [0, 0.1) is 0 Å². The lowest BCUT2D eigenvalue weighted by Gasteiger charge is -2.35. The number of piperazine rings is 1. The van der Waals surface area contributed by atoms with E-state index in [9.17, 15) is 14.7 Å². The third kappa shape index (κ3) is 3.38. The molecule has 0 aliphatic carbocycles. The molecule has 0 unspecified atom stereocenters. The monoisotopic (exact) mass is 386 g/mol. The molecule has 2 fully saturated rings. The van der Waals surface area contributed by atoms with Crippen molar-refractivity contribution in [3.8, 4) is 5.75 Å². The SMILES string of the molecule is O=C1C[C@H]([NH+]2CCN(c3ccc(O)cc3)CC2)C(=O)N1c1ccccc1Cl. The zero-order valence-electron chi connectivity index (χ0n) is 14.8. The number of hydrogen-bond acceptors (Lipinski definition) is 4. The van der Waals surface area contributed by atoms with Gasteiger partial charge in [0.1, 0.15) is 5.75 Å². The number of phenolic OH excluding ortho intramolecular Hbond substituents is 1. The summed E-state index contributed by atoms with van der Waals surface area (Å²) in [7, 11) is 0. The van der Waals surface area contributed by atoms with Crippen LogP contribution in [0.2, 0.25) is 5.02 Å². The van der Waals surface area contributed by atoms with Gasteiger partial charge in [-0.15, -0.1) is 0 Å². The summed E-state index contributed by atoms with van der Waals surface area (Å²) in [5, 5.41) is 9.84. The van der Waals surface area contributed by atoms with Crippen LogP contribution in [0.4, 0.5) is 11.4 Å². The number of para-hydroxylation sites is 1. The Labute approximate surface area is 162 Å². The summed E-state index contributed by atoms with van der Waals surface area (Å²) < 4.78 is 0. The number of phenols is 1. The van der Waals surface area contributed by atoms with E-state index < -0.39 is 0 Å². The molecule has 2 heterocycles. The van der Waals surface area contributed by atoms with E-state index in [0.717, 1.165) is 36.8 Å². The highest BCUT2D eigenvalue weighted by atomic mass is 35.5. The summed E-state index contributed by atoms with van der Waals surface area (Å²) in [5.74, 6) is -0.106. The van der Waals surface area contributed by atoms with E-state index in [2.05, 4.69) is 4.90 Å². The van der Waals surface area contributed by atoms with Crippen LogP contribution in [0.25, 0.3) is 0 Å². The maximum absolute atomic E-state index is 12.9. The van der Waals surface area contributed by atoms with Gasteiger partial charge >= 0.3 is 0 Å². The predicted octanol–water partition coefficient (Wildman–Crippen LogP) is 1.08. The van der Waals surface area contributed by atoms with E-state index in [0.29, 0.717) is 10.7 Å². The summed E-state index contributed by atoms with van der Waals surface area (Å²) in [6, 6.07) is 13.7. The van der Waals surface area contributed by atoms with Crippen molar-refractivity contribution in [2.45, 2.75) is 12.5 Å². The van der Waals surface area contributed by atoms with Crippen LogP contribution < -0.4 is 14.7 Å². The zero-order valence-corrected chi connectivity index (χ0v) is 15.5. The van der Waals surface area contributed by atoms with Gasteiger partial charge in [-0.3, -0.25) is 9.59 Å². The van der Waals surface area contributed by atoms with Crippen molar-refractivity contribution in [2.24, 2.45) is 0 Å². The summed E-state index contributed by atoms with van der Waals surface area (Å²) >= 11 is 6.19. The summed E-state index contributed by atoms with van der Waals surface area (Å²) in [6.07, 6.45) is 0.221. The Kier molecular flexibility index (Phi) is 4.76. The van der Waals surface area contributed by atoms with E-state index in [4.69, 9.17) is 11.6 Å². The number of nitrogens with one attached hydrogen (secondary N) is 1. The first-order valence-electron chi connectivity index (χ1n) is 9.04. The molecule has 2 aliphatic heterocycles. The molecule has 2 aromatic carbocycles. The van der Waals surface area contributed by atoms with E-state index >= 15 is 0 Å². The molecule has 6 nitrogen and oxygen atoms in total. The molecule has 7 heteroatoms. The van der Waals surface area contributed by atoms with Crippen LogP contribution in [0.15, 0.2) is 48.5 Å². The second-order valence-corrected chi connectivity index (χ2v) is 7.34. The molecule has 0 bridgehead atoms. The Balaban J connectivity index is 1.45. The second kappa shape index (κ2) is 7.21. The minimum absolute atomic E-state index is 0.166. The number of carbonyl (C=O) groups excluding carboxylic acids is 2. The molecule has 0 spiro atoms. The molecule has 2 saturated heterocycles. The first-order valence-corrected chi connectivity index (χ1v) is 9.42. The molecule has 2 aromatic rings.